The molecule has 1 aliphatic rings. The predicted octanol–water partition coefficient (Wildman–Crippen LogP) is 9.89. The summed E-state index contributed by atoms with van der Waals surface area (Å²) in [5, 5.41) is 5.11. The Kier molecular flexibility index (Phi) is 5.71. The minimum atomic E-state index is -0.452. The number of nitrogens with zero attached hydrogens (tertiary/aromatic N) is 1. The van der Waals surface area contributed by atoms with E-state index in [4.69, 9.17) is 4.99 Å². The van der Waals surface area contributed by atoms with Crippen LogP contribution in [-0.4, -0.2) is 5.71 Å². The minimum absolute atomic E-state index is 0.452. The van der Waals surface area contributed by atoms with Gasteiger partial charge in [0.05, 0.1) is 16.8 Å². The Labute approximate surface area is 236 Å². The number of hydrogen-bond donors (Lipinski definition) is 0. The first-order valence-corrected chi connectivity index (χ1v) is 14.2. The van der Waals surface area contributed by atoms with Crippen LogP contribution in [0.1, 0.15) is 44.5 Å². The molecule has 0 saturated carbocycles. The SMILES string of the molecule is Cc1ccc(C2=Nc3c(c4ccc(C)cc4c4cc(C)ccc34)[C@@]2(Cc2ccccc2)c2ccc(C)cc2)cc1. The summed E-state index contributed by atoms with van der Waals surface area (Å²) in [6, 6.07) is 42.9. The van der Waals surface area contributed by atoms with Gasteiger partial charge in [-0.1, -0.05) is 138 Å². The van der Waals surface area contributed by atoms with Crippen molar-refractivity contribution in [2.75, 3.05) is 0 Å². The first-order chi connectivity index (χ1) is 19.4. The summed E-state index contributed by atoms with van der Waals surface area (Å²) in [5.41, 5.74) is 11.9. The maximum atomic E-state index is 5.65. The van der Waals surface area contributed by atoms with Gasteiger partial charge < -0.3 is 0 Å². The van der Waals surface area contributed by atoms with Crippen molar-refractivity contribution in [3.8, 4) is 0 Å². The lowest BCUT2D eigenvalue weighted by molar-refractivity contribution is 0.701. The zero-order valence-electron chi connectivity index (χ0n) is 23.6. The molecule has 0 aliphatic carbocycles. The fourth-order valence-electron chi connectivity index (χ4n) is 6.64. The summed E-state index contributed by atoms with van der Waals surface area (Å²) in [7, 11) is 0. The molecule has 0 aromatic heterocycles. The summed E-state index contributed by atoms with van der Waals surface area (Å²) >= 11 is 0. The number of aryl methyl sites for hydroxylation is 4. The Hall–Kier alpha value is -4.49. The van der Waals surface area contributed by atoms with E-state index in [1.54, 1.807) is 0 Å². The van der Waals surface area contributed by atoms with Gasteiger partial charge in [-0.2, -0.15) is 0 Å². The highest BCUT2D eigenvalue weighted by Crippen LogP contribution is 2.54. The summed E-state index contributed by atoms with van der Waals surface area (Å²) < 4.78 is 0. The number of aliphatic imine (C=N–C) groups is 1. The lowest BCUT2D eigenvalue weighted by Crippen LogP contribution is -2.38. The predicted molar refractivity (Wildman–Crippen MR) is 170 cm³/mol. The molecule has 7 rings (SSSR count). The fourth-order valence-corrected chi connectivity index (χ4v) is 6.64. The second-order valence-electron chi connectivity index (χ2n) is 11.6. The third-order valence-corrected chi connectivity index (χ3v) is 8.64. The highest BCUT2D eigenvalue weighted by atomic mass is 14.8. The van der Waals surface area contributed by atoms with E-state index in [-0.39, 0.29) is 0 Å². The van der Waals surface area contributed by atoms with Crippen molar-refractivity contribution in [2.45, 2.75) is 39.5 Å². The topological polar surface area (TPSA) is 12.4 Å². The average molecular weight is 516 g/mol. The van der Waals surface area contributed by atoms with Crippen LogP contribution in [-0.2, 0) is 11.8 Å². The van der Waals surface area contributed by atoms with Crippen molar-refractivity contribution in [2.24, 2.45) is 4.99 Å². The third-order valence-electron chi connectivity index (χ3n) is 8.64. The fraction of sp³-hybridized carbons (Fsp3) is 0.154. The van der Waals surface area contributed by atoms with Crippen LogP contribution in [0.15, 0.2) is 120 Å². The molecular formula is C39H33N. The Morgan fingerprint density at radius 1 is 0.525 bits per heavy atom. The van der Waals surface area contributed by atoms with Crippen LogP contribution >= 0.6 is 0 Å². The molecule has 6 aromatic rings. The summed E-state index contributed by atoms with van der Waals surface area (Å²) in [5.74, 6) is 0. The highest BCUT2D eigenvalue weighted by Gasteiger charge is 2.47. The lowest BCUT2D eigenvalue weighted by atomic mass is 9.65. The molecule has 0 radical (unpaired) electrons. The first kappa shape index (κ1) is 24.5. The van der Waals surface area contributed by atoms with E-state index in [1.165, 1.54) is 66.1 Å². The quantitative estimate of drug-likeness (QED) is 0.207. The number of hydrogen-bond acceptors (Lipinski definition) is 1. The summed E-state index contributed by atoms with van der Waals surface area (Å²) in [6.07, 6.45) is 0.830. The molecule has 0 saturated heterocycles. The number of rotatable bonds is 4. The molecule has 0 amide bonds. The monoisotopic (exact) mass is 515 g/mol. The molecule has 1 heteroatoms. The van der Waals surface area contributed by atoms with E-state index in [1.807, 2.05) is 0 Å². The second kappa shape index (κ2) is 9.31. The zero-order chi connectivity index (χ0) is 27.4. The Morgan fingerprint density at radius 2 is 1.07 bits per heavy atom. The molecule has 0 fully saturated rings. The maximum Gasteiger partial charge on any atom is 0.0763 e. The van der Waals surface area contributed by atoms with E-state index < -0.39 is 5.41 Å². The summed E-state index contributed by atoms with van der Waals surface area (Å²) in [6.45, 7) is 8.69. The normalized spacial score (nSPS) is 16.4. The molecular weight excluding hydrogens is 482 g/mol. The smallest absolute Gasteiger partial charge is 0.0763 e. The third kappa shape index (κ3) is 3.80. The van der Waals surface area contributed by atoms with Crippen LogP contribution in [0, 0.1) is 27.7 Å². The van der Waals surface area contributed by atoms with Crippen LogP contribution < -0.4 is 0 Å². The van der Waals surface area contributed by atoms with Gasteiger partial charge in [0.2, 0.25) is 0 Å². The lowest BCUT2D eigenvalue weighted by Gasteiger charge is -2.35. The van der Waals surface area contributed by atoms with E-state index in [9.17, 15) is 0 Å². The van der Waals surface area contributed by atoms with Crippen LogP contribution in [0.4, 0.5) is 5.69 Å². The molecule has 1 heterocycles. The van der Waals surface area contributed by atoms with Gasteiger partial charge in [0, 0.05) is 10.9 Å². The number of fused-ring (bicyclic) bond motifs is 6. The highest BCUT2D eigenvalue weighted by molar-refractivity contribution is 6.25. The molecule has 194 valence electrons. The molecule has 0 N–H and O–H groups in total. The number of benzene rings is 6. The molecule has 1 nitrogen and oxygen atoms in total. The van der Waals surface area contributed by atoms with Crippen LogP contribution in [0.3, 0.4) is 0 Å². The minimum Gasteiger partial charge on any atom is -0.250 e. The van der Waals surface area contributed by atoms with Crippen molar-refractivity contribution in [1.82, 2.24) is 0 Å². The van der Waals surface area contributed by atoms with Gasteiger partial charge >= 0.3 is 0 Å². The molecule has 1 aliphatic heterocycles. The van der Waals surface area contributed by atoms with Gasteiger partial charge in [0.25, 0.3) is 0 Å². The van der Waals surface area contributed by atoms with Crippen molar-refractivity contribution in [1.29, 1.82) is 0 Å². The van der Waals surface area contributed by atoms with Gasteiger partial charge in [-0.25, -0.2) is 0 Å². The molecule has 40 heavy (non-hydrogen) atoms. The van der Waals surface area contributed by atoms with Crippen molar-refractivity contribution in [3.05, 3.63) is 160 Å². The zero-order valence-corrected chi connectivity index (χ0v) is 23.6. The van der Waals surface area contributed by atoms with Gasteiger partial charge in [-0.15, -0.1) is 0 Å². The van der Waals surface area contributed by atoms with Crippen LogP contribution in [0.5, 0.6) is 0 Å². The Balaban J connectivity index is 1.68. The average Bonchev–Trinajstić information content (AvgIpc) is 3.30. The standard InChI is InChI=1S/C39H33N/c1-25-10-16-30(17-11-25)38-39(24-29-8-6-5-7-9-29,31-18-12-26(2)13-19-31)36-32-20-14-27(3)22-34(32)35-23-28(4)15-21-33(35)37(36)40-38/h5-23H,24H2,1-4H3/t39-/m1/s1. The largest absolute Gasteiger partial charge is 0.250 e. The van der Waals surface area contributed by atoms with Gasteiger partial charge in [-0.05, 0) is 67.0 Å². The van der Waals surface area contributed by atoms with E-state index in [2.05, 4.69) is 143 Å². The van der Waals surface area contributed by atoms with E-state index >= 15 is 0 Å². The summed E-state index contributed by atoms with van der Waals surface area (Å²) in [4.78, 5) is 5.65. The second-order valence-corrected chi connectivity index (χ2v) is 11.6. The van der Waals surface area contributed by atoms with Crippen LogP contribution in [0.25, 0.3) is 21.5 Å². The Bertz CT molecular complexity index is 1930. The van der Waals surface area contributed by atoms with Crippen LogP contribution in [0.2, 0.25) is 0 Å². The molecule has 0 spiro atoms. The molecule has 6 aromatic carbocycles. The molecule has 0 unspecified atom stereocenters. The maximum absolute atomic E-state index is 5.65. The first-order valence-electron chi connectivity index (χ1n) is 14.2. The van der Waals surface area contributed by atoms with E-state index in [0.29, 0.717) is 0 Å². The van der Waals surface area contributed by atoms with E-state index in [0.717, 1.165) is 17.8 Å². The van der Waals surface area contributed by atoms with Gasteiger partial charge in [0.1, 0.15) is 0 Å². The van der Waals surface area contributed by atoms with Gasteiger partial charge in [0.15, 0.2) is 0 Å². The van der Waals surface area contributed by atoms with Crippen molar-refractivity contribution >= 4 is 32.9 Å². The Morgan fingerprint density at radius 3 is 1.73 bits per heavy atom. The molecule has 0 bridgehead atoms. The van der Waals surface area contributed by atoms with Crippen molar-refractivity contribution < 1.29 is 0 Å². The van der Waals surface area contributed by atoms with Crippen molar-refractivity contribution in [3.63, 3.8) is 0 Å². The van der Waals surface area contributed by atoms with Gasteiger partial charge in [-0.3, -0.25) is 4.99 Å². The molecule has 1 atom stereocenters.